The molecule has 0 saturated carbocycles. The quantitative estimate of drug-likeness (QED) is 0.477. The first-order chi connectivity index (χ1) is 11.8. The maximum Gasteiger partial charge on any atom is 0.433 e. The minimum atomic E-state index is -4.48. The summed E-state index contributed by atoms with van der Waals surface area (Å²) in [6, 6.07) is 12.5. The highest BCUT2D eigenvalue weighted by Gasteiger charge is 2.33. The minimum Gasteiger partial charge on any atom is -0.283 e. The molecule has 0 unspecified atom stereocenters. The lowest BCUT2D eigenvalue weighted by molar-refractivity contribution is -0.141. The van der Waals surface area contributed by atoms with Crippen LogP contribution in [0.5, 0.6) is 0 Å². The van der Waals surface area contributed by atoms with E-state index in [1.807, 2.05) is 31.2 Å². The van der Waals surface area contributed by atoms with Gasteiger partial charge in [-0.1, -0.05) is 29.8 Å². The molecule has 0 fully saturated rings. The van der Waals surface area contributed by atoms with Gasteiger partial charge in [-0.3, -0.25) is 4.40 Å². The van der Waals surface area contributed by atoms with Crippen molar-refractivity contribution in [3.05, 3.63) is 65.5 Å². The highest BCUT2D eigenvalue weighted by molar-refractivity contribution is 5.83. The first-order valence-electron chi connectivity index (χ1n) is 7.76. The van der Waals surface area contributed by atoms with Crippen molar-refractivity contribution in [1.82, 2.24) is 14.4 Å². The summed E-state index contributed by atoms with van der Waals surface area (Å²) in [6.07, 6.45) is -2.75. The van der Waals surface area contributed by atoms with E-state index in [1.165, 1.54) is 0 Å². The molecule has 25 heavy (non-hydrogen) atoms. The van der Waals surface area contributed by atoms with Crippen molar-refractivity contribution in [2.75, 3.05) is 0 Å². The average Bonchev–Trinajstić information content (AvgIpc) is 2.99. The molecule has 4 aromatic rings. The third kappa shape index (κ3) is 2.63. The number of hydrogen-bond acceptors (Lipinski definition) is 2. The average molecular weight is 341 g/mol. The Morgan fingerprint density at radius 2 is 1.64 bits per heavy atom. The van der Waals surface area contributed by atoms with Crippen LogP contribution in [0.2, 0.25) is 0 Å². The van der Waals surface area contributed by atoms with Crippen molar-refractivity contribution in [2.45, 2.75) is 20.0 Å². The molecule has 126 valence electrons. The predicted octanol–water partition coefficient (Wildman–Crippen LogP) is 5.19. The van der Waals surface area contributed by atoms with Crippen molar-refractivity contribution < 1.29 is 13.2 Å². The number of halogens is 3. The maximum atomic E-state index is 13.1. The fraction of sp³-hybridized carbons (Fsp3) is 0.158. The molecular weight excluding hydrogens is 327 g/mol. The van der Waals surface area contributed by atoms with Gasteiger partial charge < -0.3 is 0 Å². The second-order valence-corrected chi connectivity index (χ2v) is 6.11. The molecule has 0 aliphatic carbocycles. The Morgan fingerprint density at radius 3 is 2.32 bits per heavy atom. The van der Waals surface area contributed by atoms with Crippen LogP contribution >= 0.6 is 0 Å². The van der Waals surface area contributed by atoms with Crippen LogP contribution in [0, 0.1) is 13.8 Å². The van der Waals surface area contributed by atoms with Crippen molar-refractivity contribution in [1.29, 1.82) is 0 Å². The molecule has 1 aromatic carbocycles. The van der Waals surface area contributed by atoms with Gasteiger partial charge in [0.1, 0.15) is 17.0 Å². The summed E-state index contributed by atoms with van der Waals surface area (Å²) in [5, 5.41) is 0.674. The lowest BCUT2D eigenvalue weighted by Crippen LogP contribution is -2.09. The van der Waals surface area contributed by atoms with Crippen LogP contribution in [-0.4, -0.2) is 14.4 Å². The third-order valence-corrected chi connectivity index (χ3v) is 4.24. The van der Waals surface area contributed by atoms with E-state index in [2.05, 4.69) is 9.97 Å². The topological polar surface area (TPSA) is 30.2 Å². The monoisotopic (exact) mass is 341 g/mol. The number of nitrogens with zero attached hydrogens (tertiary/aromatic N) is 3. The summed E-state index contributed by atoms with van der Waals surface area (Å²) in [5.41, 5.74) is 3.20. The number of alkyl halides is 3. The highest BCUT2D eigenvalue weighted by Crippen LogP contribution is 2.31. The number of benzene rings is 1. The molecule has 3 aromatic heterocycles. The van der Waals surface area contributed by atoms with Gasteiger partial charge in [0, 0.05) is 17.1 Å². The Hall–Kier alpha value is -2.89. The van der Waals surface area contributed by atoms with Gasteiger partial charge in [-0.05, 0) is 37.6 Å². The fourth-order valence-corrected chi connectivity index (χ4v) is 2.90. The molecule has 0 spiro atoms. The number of aryl methyl sites for hydroxylation is 2. The molecular formula is C19H14F3N3. The highest BCUT2D eigenvalue weighted by atomic mass is 19.4. The van der Waals surface area contributed by atoms with Crippen LogP contribution in [0.25, 0.3) is 27.9 Å². The number of imidazole rings is 1. The summed E-state index contributed by atoms with van der Waals surface area (Å²) in [4.78, 5) is 8.38. The summed E-state index contributed by atoms with van der Waals surface area (Å²) in [5.74, 6) is 0. The summed E-state index contributed by atoms with van der Waals surface area (Å²) in [7, 11) is 0. The van der Waals surface area contributed by atoms with E-state index in [9.17, 15) is 13.2 Å². The Labute approximate surface area is 141 Å². The first-order valence-corrected chi connectivity index (χ1v) is 7.76. The number of fused-ring (bicyclic) bond motifs is 3. The van der Waals surface area contributed by atoms with Gasteiger partial charge in [0.2, 0.25) is 0 Å². The molecule has 6 heteroatoms. The van der Waals surface area contributed by atoms with E-state index in [1.54, 1.807) is 29.7 Å². The van der Waals surface area contributed by atoms with Crippen molar-refractivity contribution in [3.8, 4) is 11.3 Å². The molecule has 0 N–H and O–H groups in total. The largest absolute Gasteiger partial charge is 0.433 e. The van der Waals surface area contributed by atoms with Crippen LogP contribution in [0.15, 0.2) is 48.7 Å². The van der Waals surface area contributed by atoms with Gasteiger partial charge in [0.05, 0.1) is 5.69 Å². The molecule has 0 radical (unpaired) electrons. The molecule has 0 bridgehead atoms. The van der Waals surface area contributed by atoms with Crippen LogP contribution in [0.4, 0.5) is 13.2 Å². The molecule has 0 atom stereocenters. The molecule has 0 amide bonds. The van der Waals surface area contributed by atoms with Crippen molar-refractivity contribution >= 4 is 16.7 Å². The summed E-state index contributed by atoms with van der Waals surface area (Å²) in [6.45, 7) is 3.65. The lowest BCUT2D eigenvalue weighted by atomic mass is 10.1. The zero-order valence-corrected chi connectivity index (χ0v) is 13.6. The van der Waals surface area contributed by atoms with Crippen LogP contribution in [-0.2, 0) is 6.18 Å². The Kier molecular flexibility index (Phi) is 3.32. The van der Waals surface area contributed by atoms with Crippen LogP contribution < -0.4 is 0 Å². The van der Waals surface area contributed by atoms with Crippen LogP contribution in [0.1, 0.15) is 16.8 Å². The SMILES string of the molecule is Cc1ccc(-c2cn3c(ccc4c(C)cc(C(F)(F)F)nc43)n2)cc1. The van der Waals surface area contributed by atoms with Gasteiger partial charge in [-0.15, -0.1) is 0 Å². The Balaban J connectivity index is 1.99. The number of rotatable bonds is 1. The standard InChI is InChI=1S/C19H14F3N3/c1-11-3-5-13(6-4-11)15-10-25-17(23-15)8-7-14-12(2)9-16(19(20,21)22)24-18(14)25/h3-10H,1-2H3. The normalized spacial score (nSPS) is 12.2. The minimum absolute atomic E-state index is 0.260. The van der Waals surface area contributed by atoms with Crippen molar-refractivity contribution in [2.24, 2.45) is 0 Å². The number of hydrogen-bond donors (Lipinski definition) is 0. The van der Waals surface area contributed by atoms with Crippen LogP contribution in [0.3, 0.4) is 0 Å². The van der Waals surface area contributed by atoms with E-state index in [0.29, 0.717) is 22.3 Å². The maximum absolute atomic E-state index is 13.1. The second kappa shape index (κ2) is 5.31. The predicted molar refractivity (Wildman–Crippen MR) is 90.4 cm³/mol. The Morgan fingerprint density at radius 1 is 0.920 bits per heavy atom. The van der Waals surface area contributed by atoms with Gasteiger partial charge >= 0.3 is 6.18 Å². The van der Waals surface area contributed by atoms with E-state index in [0.717, 1.165) is 17.2 Å². The number of pyridine rings is 2. The molecule has 0 saturated heterocycles. The van der Waals surface area contributed by atoms with Gasteiger partial charge in [0.15, 0.2) is 0 Å². The smallest absolute Gasteiger partial charge is 0.283 e. The van der Waals surface area contributed by atoms with Gasteiger partial charge in [0.25, 0.3) is 0 Å². The van der Waals surface area contributed by atoms with E-state index < -0.39 is 11.9 Å². The molecule has 3 nitrogen and oxygen atoms in total. The van der Waals surface area contributed by atoms with Gasteiger partial charge in [-0.2, -0.15) is 13.2 Å². The summed E-state index contributed by atoms with van der Waals surface area (Å²) >= 11 is 0. The van der Waals surface area contributed by atoms with Gasteiger partial charge in [-0.25, -0.2) is 9.97 Å². The Bertz CT molecular complexity index is 1090. The molecule has 4 rings (SSSR count). The summed E-state index contributed by atoms with van der Waals surface area (Å²) < 4.78 is 41.0. The fourth-order valence-electron chi connectivity index (χ4n) is 2.90. The van der Waals surface area contributed by atoms with E-state index in [-0.39, 0.29) is 5.65 Å². The molecule has 0 aliphatic heterocycles. The third-order valence-electron chi connectivity index (χ3n) is 4.24. The zero-order chi connectivity index (χ0) is 17.8. The van der Waals surface area contributed by atoms with E-state index >= 15 is 0 Å². The second-order valence-electron chi connectivity index (χ2n) is 6.11. The molecule has 3 heterocycles. The van der Waals surface area contributed by atoms with Crippen molar-refractivity contribution in [3.63, 3.8) is 0 Å². The molecule has 0 aliphatic rings. The van der Waals surface area contributed by atoms with E-state index in [4.69, 9.17) is 0 Å². The lowest BCUT2D eigenvalue weighted by Gasteiger charge is -2.10. The number of aromatic nitrogens is 3. The zero-order valence-electron chi connectivity index (χ0n) is 13.6. The first kappa shape index (κ1) is 15.6.